The molecule has 2 rings (SSSR count). The fourth-order valence-electron chi connectivity index (χ4n) is 1.50. The van der Waals surface area contributed by atoms with Crippen LogP contribution in [0.3, 0.4) is 0 Å². The van der Waals surface area contributed by atoms with Crippen LogP contribution in [0.4, 0.5) is 11.5 Å². The van der Waals surface area contributed by atoms with Gasteiger partial charge >= 0.3 is 0 Å². The summed E-state index contributed by atoms with van der Waals surface area (Å²) < 4.78 is 0. The van der Waals surface area contributed by atoms with Gasteiger partial charge in [0.25, 0.3) is 5.69 Å². The van der Waals surface area contributed by atoms with Gasteiger partial charge in [-0.05, 0) is 19.1 Å². The van der Waals surface area contributed by atoms with Gasteiger partial charge in [-0.15, -0.1) is 0 Å². The SMILES string of the molecule is Cc1cc(-c2cc([N+](=O)[O-])cc(N)n2)ccn1. The Balaban J connectivity index is 2.56. The fourth-order valence-corrected chi connectivity index (χ4v) is 1.50. The normalized spacial score (nSPS) is 10.2. The summed E-state index contributed by atoms with van der Waals surface area (Å²) in [5, 5.41) is 10.7. The van der Waals surface area contributed by atoms with Crippen LogP contribution in [0.25, 0.3) is 11.3 Å². The van der Waals surface area contributed by atoms with E-state index in [-0.39, 0.29) is 11.5 Å². The van der Waals surface area contributed by atoms with Gasteiger partial charge in [-0.3, -0.25) is 15.1 Å². The van der Waals surface area contributed by atoms with Crippen molar-refractivity contribution in [3.05, 3.63) is 46.3 Å². The van der Waals surface area contributed by atoms with Crippen molar-refractivity contribution in [1.82, 2.24) is 9.97 Å². The zero-order valence-electron chi connectivity index (χ0n) is 9.12. The van der Waals surface area contributed by atoms with Crippen LogP contribution >= 0.6 is 0 Å². The molecule has 0 aliphatic heterocycles. The molecule has 0 fully saturated rings. The average Bonchev–Trinajstić information content (AvgIpc) is 2.28. The number of aryl methyl sites for hydroxylation is 1. The van der Waals surface area contributed by atoms with Crippen LogP contribution in [0.1, 0.15) is 5.69 Å². The first-order valence-electron chi connectivity index (χ1n) is 4.91. The highest BCUT2D eigenvalue weighted by atomic mass is 16.6. The predicted octanol–water partition coefficient (Wildman–Crippen LogP) is 1.94. The van der Waals surface area contributed by atoms with Crippen LogP contribution in [0, 0.1) is 17.0 Å². The van der Waals surface area contributed by atoms with Gasteiger partial charge in [-0.25, -0.2) is 4.98 Å². The molecule has 0 saturated heterocycles. The van der Waals surface area contributed by atoms with Crippen LogP contribution < -0.4 is 5.73 Å². The molecule has 2 aromatic heterocycles. The highest BCUT2D eigenvalue weighted by molar-refractivity contribution is 5.64. The first-order chi connectivity index (χ1) is 8.06. The molecule has 0 spiro atoms. The van der Waals surface area contributed by atoms with Crippen molar-refractivity contribution in [2.45, 2.75) is 6.92 Å². The third-order valence-electron chi connectivity index (χ3n) is 2.23. The maximum atomic E-state index is 10.7. The van der Waals surface area contributed by atoms with Gasteiger partial charge in [0.2, 0.25) is 0 Å². The minimum atomic E-state index is -0.490. The molecular weight excluding hydrogens is 220 g/mol. The molecule has 0 saturated carbocycles. The van der Waals surface area contributed by atoms with Crippen molar-refractivity contribution in [3.63, 3.8) is 0 Å². The molecule has 0 aliphatic carbocycles. The second kappa shape index (κ2) is 4.17. The summed E-state index contributed by atoms with van der Waals surface area (Å²) in [5.74, 6) is 0.128. The van der Waals surface area contributed by atoms with Crippen LogP contribution in [-0.4, -0.2) is 14.9 Å². The van der Waals surface area contributed by atoms with E-state index in [1.165, 1.54) is 12.1 Å². The fraction of sp³-hybridized carbons (Fsp3) is 0.0909. The van der Waals surface area contributed by atoms with Gasteiger partial charge in [-0.2, -0.15) is 0 Å². The van der Waals surface area contributed by atoms with Gasteiger partial charge in [0.05, 0.1) is 16.7 Å². The minimum Gasteiger partial charge on any atom is -0.383 e. The van der Waals surface area contributed by atoms with E-state index >= 15 is 0 Å². The minimum absolute atomic E-state index is 0.0676. The molecule has 6 heteroatoms. The van der Waals surface area contributed by atoms with Crippen molar-refractivity contribution in [1.29, 1.82) is 0 Å². The highest BCUT2D eigenvalue weighted by Crippen LogP contribution is 2.23. The second-order valence-electron chi connectivity index (χ2n) is 3.58. The average molecular weight is 230 g/mol. The Morgan fingerprint density at radius 2 is 2.12 bits per heavy atom. The number of anilines is 1. The number of hydrogen-bond donors (Lipinski definition) is 1. The Hall–Kier alpha value is -2.50. The standard InChI is InChI=1S/C11H10N4O2/c1-7-4-8(2-3-13-7)10-5-9(15(16)17)6-11(12)14-10/h2-6H,1H3,(H2,12,14). The molecule has 0 bridgehead atoms. The topological polar surface area (TPSA) is 94.9 Å². The molecule has 2 aromatic rings. The molecular formula is C11H10N4O2. The lowest BCUT2D eigenvalue weighted by Crippen LogP contribution is -1.97. The Kier molecular flexibility index (Phi) is 2.70. The zero-order valence-corrected chi connectivity index (χ0v) is 9.12. The van der Waals surface area contributed by atoms with Gasteiger partial charge in [0, 0.05) is 23.5 Å². The van der Waals surface area contributed by atoms with Gasteiger partial charge in [-0.1, -0.05) is 0 Å². The Morgan fingerprint density at radius 3 is 2.76 bits per heavy atom. The van der Waals surface area contributed by atoms with Crippen molar-refractivity contribution >= 4 is 11.5 Å². The van der Waals surface area contributed by atoms with E-state index in [4.69, 9.17) is 5.73 Å². The predicted molar refractivity (Wildman–Crippen MR) is 63.3 cm³/mol. The van der Waals surface area contributed by atoms with E-state index in [1.807, 2.05) is 6.92 Å². The third-order valence-corrected chi connectivity index (χ3v) is 2.23. The van der Waals surface area contributed by atoms with Crippen molar-refractivity contribution in [2.24, 2.45) is 0 Å². The van der Waals surface area contributed by atoms with Crippen LogP contribution in [0.2, 0.25) is 0 Å². The molecule has 2 heterocycles. The Morgan fingerprint density at radius 1 is 1.35 bits per heavy atom. The van der Waals surface area contributed by atoms with Crippen molar-refractivity contribution in [2.75, 3.05) is 5.73 Å². The summed E-state index contributed by atoms with van der Waals surface area (Å²) in [6.07, 6.45) is 1.63. The summed E-state index contributed by atoms with van der Waals surface area (Å²) in [7, 11) is 0. The summed E-state index contributed by atoms with van der Waals surface area (Å²) in [5.41, 5.74) is 7.52. The van der Waals surface area contributed by atoms with Crippen LogP contribution in [0.5, 0.6) is 0 Å². The van der Waals surface area contributed by atoms with E-state index in [2.05, 4.69) is 9.97 Å². The maximum Gasteiger partial charge on any atom is 0.275 e. The number of nitrogens with two attached hydrogens (primary N) is 1. The zero-order chi connectivity index (χ0) is 12.4. The Bertz CT molecular complexity index is 583. The summed E-state index contributed by atoms with van der Waals surface area (Å²) in [6.45, 7) is 1.84. The highest BCUT2D eigenvalue weighted by Gasteiger charge is 2.11. The number of hydrogen-bond acceptors (Lipinski definition) is 5. The van der Waals surface area contributed by atoms with Crippen molar-refractivity contribution in [3.8, 4) is 11.3 Å². The second-order valence-corrected chi connectivity index (χ2v) is 3.58. The molecule has 0 unspecified atom stereocenters. The number of nitrogens with zero attached hydrogens (tertiary/aromatic N) is 3. The van der Waals surface area contributed by atoms with Crippen molar-refractivity contribution < 1.29 is 4.92 Å². The number of nitrogen functional groups attached to an aromatic ring is 1. The summed E-state index contributed by atoms with van der Waals surface area (Å²) >= 11 is 0. The number of aromatic nitrogens is 2. The van der Waals surface area contributed by atoms with Crippen LogP contribution in [0.15, 0.2) is 30.5 Å². The smallest absolute Gasteiger partial charge is 0.275 e. The molecule has 0 radical (unpaired) electrons. The maximum absolute atomic E-state index is 10.7. The van der Waals surface area contributed by atoms with Gasteiger partial charge in [0.15, 0.2) is 0 Å². The third kappa shape index (κ3) is 2.36. The molecule has 0 atom stereocenters. The number of pyridine rings is 2. The lowest BCUT2D eigenvalue weighted by molar-refractivity contribution is -0.384. The first kappa shape index (κ1) is 11.0. The van der Waals surface area contributed by atoms with E-state index in [0.717, 1.165) is 11.3 Å². The van der Waals surface area contributed by atoms with E-state index < -0.39 is 4.92 Å². The molecule has 2 N–H and O–H groups in total. The largest absolute Gasteiger partial charge is 0.383 e. The van der Waals surface area contributed by atoms with E-state index in [0.29, 0.717) is 5.69 Å². The molecule has 17 heavy (non-hydrogen) atoms. The lowest BCUT2D eigenvalue weighted by atomic mass is 10.1. The molecule has 0 aliphatic rings. The molecule has 0 aromatic carbocycles. The van der Waals surface area contributed by atoms with Gasteiger partial charge < -0.3 is 5.73 Å². The first-order valence-corrected chi connectivity index (χ1v) is 4.91. The Labute approximate surface area is 97.3 Å². The monoisotopic (exact) mass is 230 g/mol. The quantitative estimate of drug-likeness (QED) is 0.628. The van der Waals surface area contributed by atoms with Gasteiger partial charge in [0.1, 0.15) is 5.82 Å². The molecule has 6 nitrogen and oxygen atoms in total. The van der Waals surface area contributed by atoms with E-state index in [1.54, 1.807) is 18.3 Å². The summed E-state index contributed by atoms with van der Waals surface area (Å²) in [6, 6.07) is 6.16. The summed E-state index contributed by atoms with van der Waals surface area (Å²) in [4.78, 5) is 18.3. The molecule has 0 amide bonds. The lowest BCUT2D eigenvalue weighted by Gasteiger charge is -2.03. The van der Waals surface area contributed by atoms with Crippen LogP contribution in [-0.2, 0) is 0 Å². The molecule has 86 valence electrons. The number of nitro groups is 1. The van der Waals surface area contributed by atoms with E-state index in [9.17, 15) is 10.1 Å². The number of rotatable bonds is 2.